The van der Waals surface area contributed by atoms with Crippen LogP contribution in [0.15, 0.2) is 66.7 Å². The van der Waals surface area contributed by atoms with Crippen LogP contribution in [0, 0.1) is 0 Å². The average Bonchev–Trinajstić information content (AvgIpc) is 2.71. The monoisotopic (exact) mass is 376 g/mol. The van der Waals surface area contributed by atoms with Gasteiger partial charge in [-0.1, -0.05) is 42.5 Å². The summed E-state index contributed by atoms with van der Waals surface area (Å²) in [7, 11) is 0. The van der Waals surface area contributed by atoms with E-state index in [1.165, 1.54) is 0 Å². The second kappa shape index (κ2) is 9.13. The standard InChI is InChI=1S/C23H24N2O3/c1-17(2)25(20-9-4-3-5-10-20)22(26)16-28-23(27)15-14-19-13-12-18-8-6-7-11-21(18)24-19/h3-13,17H,14-16H2,1-2H3. The van der Waals surface area contributed by atoms with Crippen molar-refractivity contribution in [3.05, 3.63) is 72.4 Å². The van der Waals surface area contributed by atoms with Gasteiger partial charge >= 0.3 is 5.97 Å². The van der Waals surface area contributed by atoms with E-state index in [0.29, 0.717) is 6.42 Å². The van der Waals surface area contributed by atoms with Crippen molar-refractivity contribution in [1.82, 2.24) is 4.98 Å². The third-order valence-electron chi connectivity index (χ3n) is 4.42. The number of rotatable bonds is 7. The van der Waals surface area contributed by atoms with Gasteiger partial charge in [0, 0.05) is 29.2 Å². The molecule has 0 aliphatic heterocycles. The van der Waals surface area contributed by atoms with Crippen LogP contribution in [0.2, 0.25) is 0 Å². The van der Waals surface area contributed by atoms with Crippen LogP contribution in [0.1, 0.15) is 26.0 Å². The quantitative estimate of drug-likeness (QED) is 0.581. The Bertz CT molecular complexity index is 954. The second-order valence-corrected chi connectivity index (χ2v) is 6.85. The summed E-state index contributed by atoms with van der Waals surface area (Å²) < 4.78 is 5.21. The molecule has 3 rings (SSSR count). The van der Waals surface area contributed by atoms with Crippen molar-refractivity contribution in [3.63, 3.8) is 0 Å². The Labute approximate surface area is 165 Å². The van der Waals surface area contributed by atoms with Crippen LogP contribution in [-0.2, 0) is 20.7 Å². The molecule has 0 saturated carbocycles. The molecule has 0 atom stereocenters. The summed E-state index contributed by atoms with van der Waals surface area (Å²) >= 11 is 0. The molecule has 0 saturated heterocycles. The van der Waals surface area contributed by atoms with Crippen LogP contribution in [0.3, 0.4) is 0 Å². The first-order valence-corrected chi connectivity index (χ1v) is 9.42. The number of amides is 1. The molecule has 0 aliphatic rings. The van der Waals surface area contributed by atoms with Crippen LogP contribution in [-0.4, -0.2) is 29.5 Å². The Balaban J connectivity index is 1.53. The molecule has 1 amide bonds. The number of aryl methyl sites for hydroxylation is 1. The summed E-state index contributed by atoms with van der Waals surface area (Å²) in [6.07, 6.45) is 0.663. The molecule has 0 spiro atoms. The van der Waals surface area contributed by atoms with E-state index in [-0.39, 0.29) is 25.0 Å². The lowest BCUT2D eigenvalue weighted by Crippen LogP contribution is -2.39. The van der Waals surface area contributed by atoms with E-state index in [1.807, 2.05) is 80.6 Å². The van der Waals surface area contributed by atoms with Gasteiger partial charge < -0.3 is 9.64 Å². The topological polar surface area (TPSA) is 59.5 Å². The number of carbonyl (C=O) groups is 2. The number of anilines is 1. The van der Waals surface area contributed by atoms with E-state index in [1.54, 1.807) is 4.90 Å². The zero-order chi connectivity index (χ0) is 19.9. The fourth-order valence-corrected chi connectivity index (χ4v) is 3.08. The molecule has 0 N–H and O–H groups in total. The van der Waals surface area contributed by atoms with E-state index < -0.39 is 5.97 Å². The number of hydrogen-bond donors (Lipinski definition) is 0. The molecule has 144 valence electrons. The predicted octanol–water partition coefficient (Wildman–Crippen LogP) is 4.15. The van der Waals surface area contributed by atoms with Gasteiger partial charge in [0.25, 0.3) is 5.91 Å². The Morgan fingerprint density at radius 1 is 0.964 bits per heavy atom. The smallest absolute Gasteiger partial charge is 0.306 e. The highest BCUT2D eigenvalue weighted by Gasteiger charge is 2.20. The third kappa shape index (κ3) is 4.94. The minimum atomic E-state index is -0.403. The van der Waals surface area contributed by atoms with Gasteiger partial charge in [0.2, 0.25) is 0 Å². The SMILES string of the molecule is CC(C)N(C(=O)COC(=O)CCc1ccc2ccccc2n1)c1ccccc1. The highest BCUT2D eigenvalue weighted by molar-refractivity contribution is 5.95. The number of benzene rings is 2. The number of pyridine rings is 1. The lowest BCUT2D eigenvalue weighted by Gasteiger charge is -2.26. The highest BCUT2D eigenvalue weighted by Crippen LogP contribution is 2.17. The van der Waals surface area contributed by atoms with Crippen LogP contribution >= 0.6 is 0 Å². The van der Waals surface area contributed by atoms with Gasteiger partial charge in [-0.25, -0.2) is 0 Å². The molecule has 1 heterocycles. The minimum absolute atomic E-state index is 0.0320. The molecule has 1 aromatic heterocycles. The summed E-state index contributed by atoms with van der Waals surface area (Å²) in [4.78, 5) is 30.8. The van der Waals surface area contributed by atoms with Gasteiger partial charge in [-0.15, -0.1) is 0 Å². The summed E-state index contributed by atoms with van der Waals surface area (Å²) in [5.41, 5.74) is 2.52. The fourth-order valence-electron chi connectivity index (χ4n) is 3.08. The molecule has 0 fully saturated rings. The zero-order valence-corrected chi connectivity index (χ0v) is 16.2. The van der Waals surface area contributed by atoms with Crippen molar-refractivity contribution in [3.8, 4) is 0 Å². The lowest BCUT2D eigenvalue weighted by molar-refractivity contribution is -0.147. The second-order valence-electron chi connectivity index (χ2n) is 6.85. The molecule has 0 unspecified atom stereocenters. The summed E-state index contributed by atoms with van der Waals surface area (Å²) in [5, 5.41) is 1.06. The summed E-state index contributed by atoms with van der Waals surface area (Å²) in [6, 6.07) is 21.1. The first kappa shape index (κ1) is 19.5. The number of carbonyl (C=O) groups excluding carboxylic acids is 2. The lowest BCUT2D eigenvalue weighted by atomic mass is 10.1. The van der Waals surface area contributed by atoms with Crippen molar-refractivity contribution in [2.75, 3.05) is 11.5 Å². The Morgan fingerprint density at radius 3 is 2.43 bits per heavy atom. The molecule has 0 aliphatic carbocycles. The normalized spacial score (nSPS) is 10.8. The van der Waals surface area contributed by atoms with Crippen molar-refractivity contribution >= 4 is 28.5 Å². The molecular formula is C23H24N2O3. The van der Waals surface area contributed by atoms with Gasteiger partial charge in [0.1, 0.15) is 0 Å². The summed E-state index contributed by atoms with van der Waals surface area (Å²) in [6.45, 7) is 3.59. The van der Waals surface area contributed by atoms with Gasteiger partial charge in [-0.2, -0.15) is 0 Å². The van der Waals surface area contributed by atoms with Crippen molar-refractivity contribution in [1.29, 1.82) is 0 Å². The number of fused-ring (bicyclic) bond motifs is 1. The van der Waals surface area contributed by atoms with Gasteiger partial charge in [0.15, 0.2) is 6.61 Å². The number of para-hydroxylation sites is 2. The molecule has 2 aromatic carbocycles. The predicted molar refractivity (Wildman–Crippen MR) is 110 cm³/mol. The molecule has 0 bridgehead atoms. The molecule has 5 nitrogen and oxygen atoms in total. The number of esters is 1. The maximum atomic E-state index is 12.5. The van der Waals surface area contributed by atoms with Crippen LogP contribution in [0.4, 0.5) is 5.69 Å². The largest absolute Gasteiger partial charge is 0.456 e. The summed E-state index contributed by atoms with van der Waals surface area (Å²) in [5.74, 6) is -0.640. The number of nitrogens with zero attached hydrogens (tertiary/aromatic N) is 2. The Kier molecular flexibility index (Phi) is 6.37. The number of hydrogen-bond acceptors (Lipinski definition) is 4. The van der Waals surface area contributed by atoms with E-state index in [4.69, 9.17) is 4.74 Å². The van der Waals surface area contributed by atoms with Crippen molar-refractivity contribution < 1.29 is 14.3 Å². The maximum Gasteiger partial charge on any atom is 0.306 e. The van der Waals surface area contributed by atoms with Gasteiger partial charge in [0.05, 0.1) is 11.9 Å². The molecular weight excluding hydrogens is 352 g/mol. The maximum absolute atomic E-state index is 12.5. The minimum Gasteiger partial charge on any atom is -0.456 e. The fraction of sp³-hybridized carbons (Fsp3) is 0.261. The van der Waals surface area contributed by atoms with E-state index >= 15 is 0 Å². The first-order chi connectivity index (χ1) is 13.5. The molecule has 3 aromatic rings. The van der Waals surface area contributed by atoms with Crippen LogP contribution in [0.5, 0.6) is 0 Å². The van der Waals surface area contributed by atoms with E-state index in [2.05, 4.69) is 4.98 Å². The van der Waals surface area contributed by atoms with E-state index in [9.17, 15) is 9.59 Å². The third-order valence-corrected chi connectivity index (χ3v) is 4.42. The van der Waals surface area contributed by atoms with Crippen LogP contribution < -0.4 is 4.90 Å². The average molecular weight is 376 g/mol. The van der Waals surface area contributed by atoms with Crippen LogP contribution in [0.25, 0.3) is 10.9 Å². The first-order valence-electron chi connectivity index (χ1n) is 9.42. The highest BCUT2D eigenvalue weighted by atomic mass is 16.5. The van der Waals surface area contributed by atoms with Crippen molar-refractivity contribution in [2.45, 2.75) is 32.7 Å². The molecule has 0 radical (unpaired) electrons. The van der Waals surface area contributed by atoms with Gasteiger partial charge in [-0.3, -0.25) is 14.6 Å². The number of aromatic nitrogens is 1. The number of ether oxygens (including phenoxy) is 1. The Hall–Kier alpha value is -3.21. The van der Waals surface area contributed by atoms with Gasteiger partial charge in [-0.05, 0) is 38.1 Å². The van der Waals surface area contributed by atoms with Crippen molar-refractivity contribution in [2.24, 2.45) is 0 Å². The molecule has 5 heteroatoms. The Morgan fingerprint density at radius 2 is 1.68 bits per heavy atom. The molecule has 28 heavy (non-hydrogen) atoms. The van der Waals surface area contributed by atoms with E-state index in [0.717, 1.165) is 22.3 Å². The zero-order valence-electron chi connectivity index (χ0n) is 16.2.